The molecule has 2 N–H and O–H groups in total. The third-order valence-electron chi connectivity index (χ3n) is 1.61. The zero-order valence-electron chi connectivity index (χ0n) is 7.29. The zero-order valence-corrected chi connectivity index (χ0v) is 8.10. The fourth-order valence-electron chi connectivity index (χ4n) is 1.15. The second-order valence-corrected chi connectivity index (χ2v) is 2.90. The van der Waals surface area contributed by atoms with Crippen molar-refractivity contribution in [2.24, 2.45) is 12.8 Å². The van der Waals surface area contributed by atoms with E-state index in [0.29, 0.717) is 10.9 Å². The van der Waals surface area contributed by atoms with Gasteiger partial charge in [-0.1, -0.05) is 12.2 Å². The predicted octanol–water partition coefficient (Wildman–Crippen LogP) is 0.371. The quantitative estimate of drug-likeness (QED) is 0.676. The molecule has 0 unspecified atom stereocenters. The maximum absolute atomic E-state index is 5.50. The highest BCUT2D eigenvalue weighted by Crippen LogP contribution is 2.19. The van der Waals surface area contributed by atoms with Crippen LogP contribution in [0.4, 0.5) is 0 Å². The number of rotatable bonds is 2. The third kappa shape index (κ3) is 1.27. The molecule has 66 valence electrons. The summed E-state index contributed by atoms with van der Waals surface area (Å²) in [5, 5.41) is 4.13. The minimum Gasteiger partial charge on any atom is -0.481 e. The molecule has 0 spiro atoms. The average molecular weight is 185 g/mol. The first-order valence-electron chi connectivity index (χ1n) is 3.45. The number of thiocarbonyl (C=S) groups is 1. The predicted molar refractivity (Wildman–Crippen MR) is 50.4 cm³/mol. The second-order valence-electron chi connectivity index (χ2n) is 2.46. The van der Waals surface area contributed by atoms with E-state index in [4.69, 9.17) is 22.7 Å². The van der Waals surface area contributed by atoms with Crippen molar-refractivity contribution in [1.29, 1.82) is 0 Å². The van der Waals surface area contributed by atoms with E-state index >= 15 is 0 Å². The Hall–Kier alpha value is -1.10. The second kappa shape index (κ2) is 3.10. The molecule has 0 radical (unpaired) electrons. The lowest BCUT2D eigenvalue weighted by Gasteiger charge is -2.01. The largest absolute Gasteiger partial charge is 0.481 e. The Morgan fingerprint density at radius 2 is 2.25 bits per heavy atom. The van der Waals surface area contributed by atoms with E-state index in [1.54, 1.807) is 18.8 Å². The Labute approximate surface area is 76.3 Å². The van der Waals surface area contributed by atoms with Crippen LogP contribution in [-0.2, 0) is 7.05 Å². The Kier molecular flexibility index (Phi) is 2.32. The van der Waals surface area contributed by atoms with Crippen molar-refractivity contribution >= 4 is 17.2 Å². The van der Waals surface area contributed by atoms with Crippen molar-refractivity contribution in [3.05, 3.63) is 11.3 Å². The normalized spacial score (nSPS) is 9.92. The van der Waals surface area contributed by atoms with Gasteiger partial charge in [-0.05, 0) is 6.92 Å². The van der Waals surface area contributed by atoms with Gasteiger partial charge in [-0.2, -0.15) is 5.10 Å². The molecule has 0 aliphatic carbocycles. The van der Waals surface area contributed by atoms with Gasteiger partial charge < -0.3 is 10.5 Å². The summed E-state index contributed by atoms with van der Waals surface area (Å²) < 4.78 is 6.71. The van der Waals surface area contributed by atoms with E-state index in [0.717, 1.165) is 11.3 Å². The molecule has 0 atom stereocenters. The van der Waals surface area contributed by atoms with Crippen LogP contribution in [0.25, 0.3) is 0 Å². The topological polar surface area (TPSA) is 53.1 Å². The number of ether oxygens (including phenoxy) is 1. The molecule has 12 heavy (non-hydrogen) atoms. The third-order valence-corrected chi connectivity index (χ3v) is 1.81. The fourth-order valence-corrected chi connectivity index (χ4v) is 1.39. The summed E-state index contributed by atoms with van der Waals surface area (Å²) in [5.74, 6) is 0.611. The van der Waals surface area contributed by atoms with Crippen molar-refractivity contribution in [3.8, 4) is 5.88 Å². The van der Waals surface area contributed by atoms with Crippen LogP contribution >= 0.6 is 12.2 Å². The molecule has 0 aliphatic heterocycles. The first kappa shape index (κ1) is 8.99. The maximum Gasteiger partial charge on any atom is 0.222 e. The number of hydrogen-bond acceptors (Lipinski definition) is 3. The summed E-state index contributed by atoms with van der Waals surface area (Å²) in [6, 6.07) is 0. The standard InChI is InChI=1S/C7H11N3OS/c1-4-5(6(8)12)7(11-3)10(2)9-4/h1-3H3,(H2,8,12). The Balaban J connectivity index is 3.32. The van der Waals surface area contributed by atoms with Gasteiger partial charge in [-0.3, -0.25) is 0 Å². The Morgan fingerprint density at radius 3 is 2.58 bits per heavy atom. The number of aryl methyl sites for hydroxylation is 2. The smallest absolute Gasteiger partial charge is 0.222 e. The van der Waals surface area contributed by atoms with Crippen LogP contribution in [0, 0.1) is 6.92 Å². The number of hydrogen-bond donors (Lipinski definition) is 1. The summed E-state index contributed by atoms with van der Waals surface area (Å²) >= 11 is 4.86. The van der Waals surface area contributed by atoms with E-state index < -0.39 is 0 Å². The van der Waals surface area contributed by atoms with Crippen LogP contribution in [0.2, 0.25) is 0 Å². The summed E-state index contributed by atoms with van der Waals surface area (Å²) in [5.41, 5.74) is 7.01. The van der Waals surface area contributed by atoms with Crippen LogP contribution in [-0.4, -0.2) is 21.9 Å². The minimum atomic E-state index is 0.317. The van der Waals surface area contributed by atoms with Crippen LogP contribution in [0.15, 0.2) is 0 Å². The lowest BCUT2D eigenvalue weighted by atomic mass is 10.2. The summed E-state index contributed by atoms with van der Waals surface area (Å²) in [4.78, 5) is 0.317. The van der Waals surface area contributed by atoms with Gasteiger partial charge in [-0.15, -0.1) is 0 Å². The monoisotopic (exact) mass is 185 g/mol. The fraction of sp³-hybridized carbons (Fsp3) is 0.429. The van der Waals surface area contributed by atoms with Crippen LogP contribution in [0.5, 0.6) is 5.88 Å². The molecule has 0 fully saturated rings. The number of nitrogens with zero attached hydrogens (tertiary/aromatic N) is 2. The van der Waals surface area contributed by atoms with Gasteiger partial charge in [-0.25, -0.2) is 4.68 Å². The molecule has 0 saturated heterocycles. The van der Waals surface area contributed by atoms with Crippen molar-refractivity contribution < 1.29 is 4.74 Å². The molecular weight excluding hydrogens is 174 g/mol. The lowest BCUT2D eigenvalue weighted by Crippen LogP contribution is -2.11. The van der Waals surface area contributed by atoms with Gasteiger partial charge in [0.05, 0.1) is 18.4 Å². The van der Waals surface area contributed by atoms with E-state index in [-0.39, 0.29) is 0 Å². The molecular formula is C7H11N3OS. The summed E-state index contributed by atoms with van der Waals surface area (Å²) in [6.07, 6.45) is 0. The molecule has 1 aromatic heterocycles. The van der Waals surface area contributed by atoms with Crippen molar-refractivity contribution in [2.75, 3.05) is 7.11 Å². The molecule has 4 nitrogen and oxygen atoms in total. The molecule has 0 amide bonds. The van der Waals surface area contributed by atoms with E-state index in [2.05, 4.69) is 5.10 Å². The molecule has 0 bridgehead atoms. The highest BCUT2D eigenvalue weighted by atomic mass is 32.1. The van der Waals surface area contributed by atoms with Crippen molar-refractivity contribution in [1.82, 2.24) is 9.78 Å². The number of nitrogens with two attached hydrogens (primary N) is 1. The first-order chi connectivity index (χ1) is 5.57. The van der Waals surface area contributed by atoms with E-state index in [1.807, 2.05) is 6.92 Å². The molecule has 0 saturated carbocycles. The summed E-state index contributed by atoms with van der Waals surface area (Å²) in [6.45, 7) is 1.84. The van der Waals surface area contributed by atoms with E-state index in [9.17, 15) is 0 Å². The maximum atomic E-state index is 5.50. The Bertz CT molecular complexity index is 319. The molecule has 0 aromatic carbocycles. The molecule has 1 heterocycles. The first-order valence-corrected chi connectivity index (χ1v) is 3.86. The molecule has 5 heteroatoms. The zero-order chi connectivity index (χ0) is 9.30. The van der Waals surface area contributed by atoms with Crippen molar-refractivity contribution in [3.63, 3.8) is 0 Å². The molecule has 1 rings (SSSR count). The number of methoxy groups -OCH3 is 1. The average Bonchev–Trinajstić information content (AvgIpc) is 2.24. The van der Waals surface area contributed by atoms with Gasteiger partial charge in [0, 0.05) is 7.05 Å². The molecule has 1 aromatic rings. The molecule has 0 aliphatic rings. The van der Waals surface area contributed by atoms with Crippen LogP contribution in [0.3, 0.4) is 0 Å². The van der Waals surface area contributed by atoms with Crippen LogP contribution in [0.1, 0.15) is 11.3 Å². The Morgan fingerprint density at radius 1 is 1.67 bits per heavy atom. The van der Waals surface area contributed by atoms with Gasteiger partial charge in [0.15, 0.2) is 0 Å². The van der Waals surface area contributed by atoms with Gasteiger partial charge in [0.25, 0.3) is 0 Å². The number of aromatic nitrogens is 2. The van der Waals surface area contributed by atoms with E-state index in [1.165, 1.54) is 0 Å². The lowest BCUT2D eigenvalue weighted by molar-refractivity contribution is 0.373. The highest BCUT2D eigenvalue weighted by Gasteiger charge is 2.15. The van der Waals surface area contributed by atoms with Gasteiger partial charge in [0.1, 0.15) is 4.99 Å². The van der Waals surface area contributed by atoms with Crippen LogP contribution < -0.4 is 10.5 Å². The minimum absolute atomic E-state index is 0.317. The van der Waals surface area contributed by atoms with Gasteiger partial charge in [0.2, 0.25) is 5.88 Å². The SMILES string of the molecule is COc1c(C(N)=S)c(C)nn1C. The highest BCUT2D eigenvalue weighted by molar-refractivity contribution is 7.80. The van der Waals surface area contributed by atoms with Crippen molar-refractivity contribution in [2.45, 2.75) is 6.92 Å². The summed E-state index contributed by atoms with van der Waals surface area (Å²) in [7, 11) is 3.35. The van der Waals surface area contributed by atoms with Gasteiger partial charge >= 0.3 is 0 Å².